The van der Waals surface area contributed by atoms with Crippen LogP contribution in [0.25, 0.3) is 0 Å². The zero-order chi connectivity index (χ0) is 13.7. The van der Waals surface area contributed by atoms with Gasteiger partial charge in [-0.15, -0.1) is 0 Å². The Morgan fingerprint density at radius 1 is 1.32 bits per heavy atom. The molecular formula is C16H28N2O. The zero-order valence-electron chi connectivity index (χ0n) is 12.6. The van der Waals surface area contributed by atoms with Gasteiger partial charge in [0, 0.05) is 18.0 Å². The van der Waals surface area contributed by atoms with E-state index < -0.39 is 0 Å². The van der Waals surface area contributed by atoms with Crippen molar-refractivity contribution in [3.05, 3.63) is 24.2 Å². The minimum atomic E-state index is 0.170. The second kappa shape index (κ2) is 6.58. The van der Waals surface area contributed by atoms with E-state index in [1.807, 2.05) is 6.07 Å². The summed E-state index contributed by atoms with van der Waals surface area (Å²) < 4.78 is 5.53. The Balaban J connectivity index is 2.06. The van der Waals surface area contributed by atoms with Gasteiger partial charge in [0.1, 0.15) is 5.76 Å². The molecule has 1 unspecified atom stereocenters. The first kappa shape index (κ1) is 14.6. The van der Waals surface area contributed by atoms with Crippen LogP contribution in [0.4, 0.5) is 0 Å². The van der Waals surface area contributed by atoms with Crippen LogP contribution >= 0.6 is 0 Å². The van der Waals surface area contributed by atoms with E-state index in [0.29, 0.717) is 6.04 Å². The Labute approximate surface area is 117 Å². The van der Waals surface area contributed by atoms with Gasteiger partial charge in [-0.1, -0.05) is 13.3 Å². The molecule has 1 N–H and O–H groups in total. The number of furan rings is 1. The molecule has 0 amide bonds. The molecule has 1 fully saturated rings. The van der Waals surface area contributed by atoms with Crippen molar-refractivity contribution < 1.29 is 4.42 Å². The molecule has 1 aromatic heterocycles. The lowest BCUT2D eigenvalue weighted by Crippen LogP contribution is -2.59. The van der Waals surface area contributed by atoms with E-state index in [0.717, 1.165) is 18.7 Å². The molecule has 0 aliphatic carbocycles. The minimum absolute atomic E-state index is 0.170. The highest BCUT2D eigenvalue weighted by Gasteiger charge is 2.35. The summed E-state index contributed by atoms with van der Waals surface area (Å²) in [6, 6.07) is 4.49. The Hall–Kier alpha value is -0.800. The van der Waals surface area contributed by atoms with Gasteiger partial charge in [-0.25, -0.2) is 0 Å². The molecule has 2 heterocycles. The summed E-state index contributed by atoms with van der Waals surface area (Å²) in [5.74, 6) is 1.08. The molecule has 19 heavy (non-hydrogen) atoms. The predicted molar refractivity (Wildman–Crippen MR) is 79.4 cm³/mol. The number of nitrogens with zero attached hydrogens (tertiary/aromatic N) is 1. The molecule has 2 rings (SSSR count). The molecule has 1 atom stereocenters. The number of rotatable bonds is 6. The Bertz CT molecular complexity index is 353. The molecule has 108 valence electrons. The molecule has 3 nitrogen and oxygen atoms in total. The van der Waals surface area contributed by atoms with Crippen LogP contribution in [0, 0.1) is 0 Å². The van der Waals surface area contributed by atoms with Crippen LogP contribution in [0.2, 0.25) is 0 Å². The van der Waals surface area contributed by atoms with Crippen molar-refractivity contribution in [3.63, 3.8) is 0 Å². The average molecular weight is 264 g/mol. The van der Waals surface area contributed by atoms with E-state index in [-0.39, 0.29) is 5.54 Å². The maximum atomic E-state index is 5.53. The maximum absolute atomic E-state index is 5.53. The number of piperidine rings is 1. The summed E-state index contributed by atoms with van der Waals surface area (Å²) in [4.78, 5) is 2.65. The summed E-state index contributed by atoms with van der Waals surface area (Å²) in [7, 11) is 0. The topological polar surface area (TPSA) is 28.4 Å². The first-order valence-corrected chi connectivity index (χ1v) is 7.65. The maximum Gasteiger partial charge on any atom is 0.105 e. The molecule has 0 saturated carbocycles. The van der Waals surface area contributed by atoms with Gasteiger partial charge in [-0.2, -0.15) is 0 Å². The summed E-state index contributed by atoms with van der Waals surface area (Å²) in [6.45, 7) is 10.4. The van der Waals surface area contributed by atoms with E-state index in [1.165, 1.54) is 32.4 Å². The molecule has 0 spiro atoms. The van der Waals surface area contributed by atoms with E-state index in [4.69, 9.17) is 4.42 Å². The second-order valence-electron chi connectivity index (χ2n) is 6.10. The first-order valence-electron chi connectivity index (χ1n) is 7.65. The van der Waals surface area contributed by atoms with Gasteiger partial charge in [-0.3, -0.25) is 4.90 Å². The van der Waals surface area contributed by atoms with Gasteiger partial charge in [0.25, 0.3) is 0 Å². The van der Waals surface area contributed by atoms with Crippen molar-refractivity contribution in [3.8, 4) is 0 Å². The van der Waals surface area contributed by atoms with Crippen molar-refractivity contribution in [1.82, 2.24) is 10.2 Å². The summed E-state index contributed by atoms with van der Waals surface area (Å²) >= 11 is 0. The van der Waals surface area contributed by atoms with Gasteiger partial charge in [0.2, 0.25) is 0 Å². The van der Waals surface area contributed by atoms with Crippen molar-refractivity contribution in [2.45, 2.75) is 58.0 Å². The highest BCUT2D eigenvalue weighted by molar-refractivity contribution is 5.05. The molecule has 1 saturated heterocycles. The van der Waals surface area contributed by atoms with Crippen LogP contribution in [0.3, 0.4) is 0 Å². The third kappa shape index (κ3) is 3.61. The fourth-order valence-electron chi connectivity index (χ4n) is 3.14. The lowest BCUT2D eigenvalue weighted by Gasteiger charge is -2.46. The van der Waals surface area contributed by atoms with E-state index >= 15 is 0 Å². The van der Waals surface area contributed by atoms with Gasteiger partial charge in [-0.05, 0) is 58.5 Å². The van der Waals surface area contributed by atoms with Crippen molar-refractivity contribution in [1.29, 1.82) is 0 Å². The average Bonchev–Trinajstić information content (AvgIpc) is 2.92. The van der Waals surface area contributed by atoms with Crippen molar-refractivity contribution in [2.75, 3.05) is 19.6 Å². The number of likely N-dealkylation sites (N-methyl/N-ethyl adjacent to an activating group) is 1. The standard InChI is InChI=1S/C16H28N2O/c1-4-17-15(13-14-9-8-12-19-14)16(2,3)18-10-6-5-7-11-18/h8-9,12,15,17H,4-7,10-11,13H2,1-3H3. The normalized spacial score (nSPS) is 19.5. The van der Waals surface area contributed by atoms with Crippen LogP contribution in [0.1, 0.15) is 45.8 Å². The number of hydrogen-bond donors (Lipinski definition) is 1. The summed E-state index contributed by atoms with van der Waals surface area (Å²) in [6.07, 6.45) is 6.79. The third-order valence-electron chi connectivity index (χ3n) is 4.46. The number of likely N-dealkylation sites (tertiary alicyclic amines) is 1. The number of hydrogen-bond acceptors (Lipinski definition) is 3. The van der Waals surface area contributed by atoms with Crippen molar-refractivity contribution in [2.24, 2.45) is 0 Å². The van der Waals surface area contributed by atoms with Gasteiger partial charge in [0.05, 0.1) is 6.26 Å². The van der Waals surface area contributed by atoms with Crippen LogP contribution in [0.5, 0.6) is 0 Å². The highest BCUT2D eigenvalue weighted by Crippen LogP contribution is 2.26. The smallest absolute Gasteiger partial charge is 0.105 e. The predicted octanol–water partition coefficient (Wildman–Crippen LogP) is 3.06. The lowest BCUT2D eigenvalue weighted by molar-refractivity contribution is 0.0599. The van der Waals surface area contributed by atoms with Gasteiger partial charge >= 0.3 is 0 Å². The zero-order valence-corrected chi connectivity index (χ0v) is 12.6. The largest absolute Gasteiger partial charge is 0.469 e. The van der Waals surface area contributed by atoms with Crippen molar-refractivity contribution >= 4 is 0 Å². The highest BCUT2D eigenvalue weighted by atomic mass is 16.3. The molecule has 0 radical (unpaired) electrons. The molecular weight excluding hydrogens is 236 g/mol. The Morgan fingerprint density at radius 2 is 2.05 bits per heavy atom. The first-order chi connectivity index (χ1) is 9.14. The molecule has 3 heteroatoms. The summed E-state index contributed by atoms with van der Waals surface area (Å²) in [5, 5.41) is 3.66. The second-order valence-corrected chi connectivity index (χ2v) is 6.10. The monoisotopic (exact) mass is 264 g/mol. The number of nitrogens with one attached hydrogen (secondary N) is 1. The van der Waals surface area contributed by atoms with E-state index in [1.54, 1.807) is 6.26 Å². The molecule has 1 aliphatic rings. The fourth-order valence-corrected chi connectivity index (χ4v) is 3.14. The quantitative estimate of drug-likeness (QED) is 0.856. The Morgan fingerprint density at radius 3 is 2.63 bits per heavy atom. The molecule has 0 aromatic carbocycles. The van der Waals surface area contributed by atoms with Crippen LogP contribution in [-0.4, -0.2) is 36.1 Å². The molecule has 0 bridgehead atoms. The minimum Gasteiger partial charge on any atom is -0.469 e. The third-order valence-corrected chi connectivity index (χ3v) is 4.46. The Kier molecular flexibility index (Phi) is 5.06. The van der Waals surface area contributed by atoms with Crippen LogP contribution in [-0.2, 0) is 6.42 Å². The molecule has 1 aromatic rings. The van der Waals surface area contributed by atoms with Gasteiger partial charge < -0.3 is 9.73 Å². The van der Waals surface area contributed by atoms with Crippen LogP contribution in [0.15, 0.2) is 22.8 Å². The SMILES string of the molecule is CCNC(Cc1ccco1)C(C)(C)N1CCCCC1. The fraction of sp³-hybridized carbons (Fsp3) is 0.750. The van der Waals surface area contributed by atoms with E-state index in [2.05, 4.69) is 37.1 Å². The van der Waals surface area contributed by atoms with Gasteiger partial charge in [0.15, 0.2) is 0 Å². The molecule has 1 aliphatic heterocycles. The van der Waals surface area contributed by atoms with E-state index in [9.17, 15) is 0 Å². The summed E-state index contributed by atoms with van der Waals surface area (Å²) in [5.41, 5.74) is 0.170. The van der Waals surface area contributed by atoms with Crippen LogP contribution < -0.4 is 5.32 Å². The lowest BCUT2D eigenvalue weighted by atomic mass is 9.87.